The topological polar surface area (TPSA) is 196 Å². The van der Waals surface area contributed by atoms with E-state index in [2.05, 4.69) is 25.2 Å². The molecule has 0 radical (unpaired) electrons. The summed E-state index contributed by atoms with van der Waals surface area (Å²) in [4.78, 5) is 43.7. The zero-order valence-electron chi connectivity index (χ0n) is 24.6. The Morgan fingerprint density at radius 3 is 2.46 bits per heavy atom. The van der Waals surface area contributed by atoms with Crippen molar-refractivity contribution in [2.24, 2.45) is 0 Å². The second kappa shape index (κ2) is 14.6. The highest BCUT2D eigenvalue weighted by Gasteiger charge is 2.19. The van der Waals surface area contributed by atoms with Gasteiger partial charge in [0.25, 0.3) is 11.1 Å². The van der Waals surface area contributed by atoms with Crippen LogP contribution in [0.15, 0.2) is 66.7 Å². The maximum absolute atomic E-state index is 11.9. The number of nitrogens with zero attached hydrogens (tertiary/aromatic N) is 7. The van der Waals surface area contributed by atoms with Crippen molar-refractivity contribution in [1.29, 1.82) is 0 Å². The molecule has 0 saturated heterocycles. The highest BCUT2D eigenvalue weighted by atomic mass is 16.9. The lowest BCUT2D eigenvalue weighted by Gasteiger charge is -2.12. The Balaban J connectivity index is 1.26. The van der Waals surface area contributed by atoms with Gasteiger partial charge >= 0.3 is 12.1 Å². The number of para-hydroxylation sites is 1. The van der Waals surface area contributed by atoms with Crippen molar-refractivity contribution in [2.75, 3.05) is 19.8 Å². The highest BCUT2D eigenvalue weighted by Crippen LogP contribution is 2.31. The Kier molecular flexibility index (Phi) is 9.96. The molecule has 5 aromatic rings. The first-order chi connectivity index (χ1) is 22.3. The molecule has 2 aromatic heterocycles. The summed E-state index contributed by atoms with van der Waals surface area (Å²) in [5.74, 6) is -0.732. The lowest BCUT2D eigenvalue weighted by molar-refractivity contribution is -0.757. The highest BCUT2D eigenvalue weighted by molar-refractivity contribution is 6.01. The average molecular weight is 632 g/mol. The number of rotatable bonds is 15. The largest absolute Gasteiger partial charge is 0.510 e. The molecular formula is C30H29N7O9. The Morgan fingerprint density at radius 2 is 1.72 bits per heavy atom. The van der Waals surface area contributed by atoms with Crippen LogP contribution in [0.3, 0.4) is 0 Å². The fourth-order valence-corrected chi connectivity index (χ4v) is 4.68. The molecule has 16 nitrogen and oxygen atoms in total. The lowest BCUT2D eigenvalue weighted by Crippen LogP contribution is -2.14. The number of carboxylic acids is 1. The summed E-state index contributed by atoms with van der Waals surface area (Å²) in [5, 5.41) is 31.4. The van der Waals surface area contributed by atoms with Gasteiger partial charge in [0.2, 0.25) is 12.6 Å². The number of unbranched alkanes of at least 4 members (excludes halogenated alkanes) is 1. The van der Waals surface area contributed by atoms with Crippen LogP contribution < -0.4 is 4.74 Å². The Hall–Kier alpha value is -6.06. The molecule has 5 rings (SSSR count). The number of fused-ring (bicyclic) bond motifs is 1. The summed E-state index contributed by atoms with van der Waals surface area (Å²) >= 11 is 0. The summed E-state index contributed by atoms with van der Waals surface area (Å²) < 4.78 is 17.4. The molecule has 0 amide bonds. The Bertz CT molecular complexity index is 1840. The van der Waals surface area contributed by atoms with E-state index >= 15 is 0 Å². The van der Waals surface area contributed by atoms with E-state index in [0.717, 1.165) is 21.5 Å². The molecule has 1 N–H and O–H groups in total. The number of imidazole rings is 1. The van der Waals surface area contributed by atoms with Gasteiger partial charge in [-0.1, -0.05) is 54.6 Å². The number of aromatic carboxylic acids is 1. The standard InChI is InChI=1S/C30H29N7O9/c1-2-43-29-31-25-11-7-10-24(28(38)39)26(25)35(29)18-20-12-14-21(15-13-20)22-8-3-4-9-23(22)27-32-34-36(33-27)19-45-30(40)44-16-5-6-17-46-37(41)42/h3-4,7-15H,2,5-6,16-19H2,1H3,(H,38,39). The molecule has 0 atom stereocenters. The van der Waals surface area contributed by atoms with Gasteiger partial charge in [-0.05, 0) is 53.8 Å². The van der Waals surface area contributed by atoms with Gasteiger partial charge in [-0.25, -0.2) is 9.59 Å². The zero-order valence-corrected chi connectivity index (χ0v) is 24.6. The predicted octanol–water partition coefficient (Wildman–Crippen LogP) is 4.60. The van der Waals surface area contributed by atoms with Crippen molar-refractivity contribution >= 4 is 23.2 Å². The van der Waals surface area contributed by atoms with Crippen molar-refractivity contribution in [3.05, 3.63) is 88.0 Å². The van der Waals surface area contributed by atoms with Crippen molar-refractivity contribution in [2.45, 2.75) is 33.0 Å². The molecule has 0 bridgehead atoms. The first kappa shape index (κ1) is 31.4. The molecule has 46 heavy (non-hydrogen) atoms. The maximum Gasteiger partial charge on any atom is 0.510 e. The van der Waals surface area contributed by atoms with Crippen LogP contribution in [0.2, 0.25) is 0 Å². The molecular weight excluding hydrogens is 602 g/mol. The molecule has 0 saturated carbocycles. The van der Waals surface area contributed by atoms with Crippen LogP contribution in [0.5, 0.6) is 6.01 Å². The van der Waals surface area contributed by atoms with Crippen LogP contribution in [-0.4, -0.2) is 71.9 Å². The summed E-state index contributed by atoms with van der Waals surface area (Å²) in [6.07, 6.45) is -0.229. The summed E-state index contributed by atoms with van der Waals surface area (Å²) in [6.45, 7) is 2.15. The number of hydrogen-bond donors (Lipinski definition) is 1. The zero-order chi connectivity index (χ0) is 32.5. The molecule has 0 aliphatic rings. The van der Waals surface area contributed by atoms with Crippen LogP contribution in [0, 0.1) is 10.1 Å². The van der Waals surface area contributed by atoms with Gasteiger partial charge in [0.15, 0.2) is 0 Å². The summed E-state index contributed by atoms with van der Waals surface area (Å²) in [6, 6.07) is 20.6. The van der Waals surface area contributed by atoms with E-state index in [4.69, 9.17) is 14.2 Å². The monoisotopic (exact) mass is 631 g/mol. The van der Waals surface area contributed by atoms with Crippen LogP contribution in [0.4, 0.5) is 4.79 Å². The van der Waals surface area contributed by atoms with E-state index in [1.807, 2.05) is 55.5 Å². The Labute approximate surface area is 261 Å². The van der Waals surface area contributed by atoms with Gasteiger partial charge in [-0.2, -0.15) is 4.98 Å². The lowest BCUT2D eigenvalue weighted by atomic mass is 9.98. The predicted molar refractivity (Wildman–Crippen MR) is 160 cm³/mol. The maximum atomic E-state index is 11.9. The quantitative estimate of drug-likeness (QED) is 0.0729. The van der Waals surface area contributed by atoms with Crippen LogP contribution in [-0.2, 0) is 27.6 Å². The third-order valence-corrected chi connectivity index (χ3v) is 6.72. The second-order valence-electron chi connectivity index (χ2n) is 9.76. The summed E-state index contributed by atoms with van der Waals surface area (Å²) in [7, 11) is 0. The first-order valence-electron chi connectivity index (χ1n) is 14.2. The van der Waals surface area contributed by atoms with E-state index in [1.165, 1.54) is 0 Å². The molecule has 16 heteroatoms. The van der Waals surface area contributed by atoms with Gasteiger partial charge in [-0.3, -0.25) is 4.57 Å². The third-order valence-electron chi connectivity index (χ3n) is 6.72. The van der Waals surface area contributed by atoms with Crippen molar-refractivity contribution in [1.82, 2.24) is 29.8 Å². The number of tetrazole rings is 1. The van der Waals surface area contributed by atoms with E-state index in [1.54, 1.807) is 22.8 Å². The minimum absolute atomic E-state index is 0.0120. The van der Waals surface area contributed by atoms with E-state index in [9.17, 15) is 24.8 Å². The van der Waals surface area contributed by atoms with Gasteiger partial charge in [0.05, 0.1) is 43.0 Å². The molecule has 3 aromatic carbocycles. The Morgan fingerprint density at radius 1 is 0.957 bits per heavy atom. The number of carbonyl (C=O) groups excluding carboxylic acids is 1. The van der Waals surface area contributed by atoms with E-state index in [0.29, 0.717) is 54.4 Å². The van der Waals surface area contributed by atoms with Crippen LogP contribution in [0.25, 0.3) is 33.5 Å². The fraction of sp³-hybridized carbons (Fsp3) is 0.267. The first-order valence-corrected chi connectivity index (χ1v) is 14.2. The minimum atomic E-state index is -1.05. The van der Waals surface area contributed by atoms with Gasteiger partial charge in [0.1, 0.15) is 0 Å². The number of carbonyl (C=O) groups is 2. The molecule has 238 valence electrons. The summed E-state index contributed by atoms with van der Waals surface area (Å²) in [5.41, 5.74) is 4.49. The van der Waals surface area contributed by atoms with Gasteiger partial charge in [-0.15, -0.1) is 25.1 Å². The van der Waals surface area contributed by atoms with Crippen molar-refractivity contribution in [3.63, 3.8) is 0 Å². The number of hydrogen-bond acceptors (Lipinski definition) is 12. The number of aromatic nitrogens is 6. The van der Waals surface area contributed by atoms with Crippen LogP contribution in [0.1, 0.15) is 35.7 Å². The van der Waals surface area contributed by atoms with Gasteiger partial charge in [0, 0.05) is 5.56 Å². The van der Waals surface area contributed by atoms with E-state index in [-0.39, 0.29) is 25.5 Å². The molecule has 2 heterocycles. The van der Waals surface area contributed by atoms with Gasteiger partial charge < -0.3 is 24.2 Å². The van der Waals surface area contributed by atoms with Crippen LogP contribution >= 0.6 is 0 Å². The SMILES string of the molecule is CCOc1nc2cccc(C(=O)O)c2n1Cc1ccc(-c2ccccc2-c2nnn(COC(=O)OCCCCO[N+](=O)[O-])n2)cc1. The molecule has 0 unspecified atom stereocenters. The van der Waals surface area contributed by atoms with E-state index < -0.39 is 17.2 Å². The van der Waals surface area contributed by atoms with Crippen molar-refractivity contribution < 1.29 is 38.8 Å². The number of ether oxygens (including phenoxy) is 3. The van der Waals surface area contributed by atoms with Crippen molar-refractivity contribution in [3.8, 4) is 28.5 Å². The molecule has 0 fully saturated rings. The number of benzene rings is 3. The molecule has 0 aliphatic carbocycles. The molecule has 0 aliphatic heterocycles. The smallest absolute Gasteiger partial charge is 0.478 e. The normalized spacial score (nSPS) is 10.9. The fourth-order valence-electron chi connectivity index (χ4n) is 4.68. The minimum Gasteiger partial charge on any atom is -0.478 e. The average Bonchev–Trinajstić information content (AvgIpc) is 3.67. The number of carboxylic acid groups (broad SMARTS) is 1. The second-order valence-corrected chi connectivity index (χ2v) is 9.76. The molecule has 0 spiro atoms. The third kappa shape index (κ3) is 7.53.